The average Bonchev–Trinajstić information content (AvgIpc) is 2.58. The van der Waals surface area contributed by atoms with Crippen LogP contribution < -0.4 is 10.6 Å². The molecule has 2 aromatic carbocycles. The van der Waals surface area contributed by atoms with Crippen molar-refractivity contribution in [1.29, 1.82) is 5.26 Å². The van der Waals surface area contributed by atoms with Gasteiger partial charge in [0.25, 0.3) is 5.91 Å². The number of anilines is 1. The molecule has 0 bridgehead atoms. The van der Waals surface area contributed by atoms with Crippen LogP contribution >= 0.6 is 15.9 Å². The van der Waals surface area contributed by atoms with E-state index in [4.69, 9.17) is 5.26 Å². The molecular weight excluding hydrogens is 373 g/mol. The number of amides is 1. The number of carbonyl (C=O) groups is 1. The number of nitrogens with zero attached hydrogens (tertiary/aromatic N) is 1. The van der Waals surface area contributed by atoms with Gasteiger partial charge in [-0.05, 0) is 42.3 Å². The fourth-order valence-electron chi connectivity index (χ4n) is 1.96. The topological polar surface area (TPSA) is 64.9 Å². The zero-order valence-electron chi connectivity index (χ0n) is 12.7. The monoisotopic (exact) mass is 387 g/mol. The Morgan fingerprint density at radius 2 is 1.92 bits per heavy atom. The molecule has 0 aliphatic heterocycles. The number of benzene rings is 2. The molecule has 0 aliphatic carbocycles. The van der Waals surface area contributed by atoms with Gasteiger partial charge < -0.3 is 10.6 Å². The molecule has 1 amide bonds. The molecule has 0 spiro atoms. The second kappa shape index (κ2) is 8.85. The zero-order chi connectivity index (χ0) is 17.4. The lowest BCUT2D eigenvalue weighted by atomic mass is 10.1. The molecule has 2 rings (SSSR count). The second-order valence-corrected chi connectivity index (χ2v) is 5.78. The van der Waals surface area contributed by atoms with E-state index in [9.17, 15) is 9.18 Å². The molecule has 0 saturated carbocycles. The maximum Gasteiger partial charge on any atom is 0.267 e. The molecule has 4 nitrogen and oxygen atoms in total. The Balaban J connectivity index is 1.89. The number of nitriles is 1. The van der Waals surface area contributed by atoms with Crippen molar-refractivity contribution in [2.75, 3.05) is 11.9 Å². The van der Waals surface area contributed by atoms with Crippen molar-refractivity contribution in [3.63, 3.8) is 0 Å². The number of rotatable bonds is 6. The highest BCUT2D eigenvalue weighted by atomic mass is 79.9. The van der Waals surface area contributed by atoms with Gasteiger partial charge in [0, 0.05) is 22.9 Å². The van der Waals surface area contributed by atoms with E-state index in [1.807, 2.05) is 30.3 Å². The minimum atomic E-state index is -0.544. The summed E-state index contributed by atoms with van der Waals surface area (Å²) in [5.74, 6) is -0.935. The average molecular weight is 388 g/mol. The van der Waals surface area contributed by atoms with E-state index in [0.29, 0.717) is 12.2 Å². The van der Waals surface area contributed by atoms with Gasteiger partial charge in [-0.2, -0.15) is 5.26 Å². The fraction of sp³-hybridized carbons (Fsp3) is 0.111. The first kappa shape index (κ1) is 17.7. The first-order valence-electron chi connectivity index (χ1n) is 7.24. The smallest absolute Gasteiger partial charge is 0.267 e. The Bertz CT molecular complexity index is 782. The van der Waals surface area contributed by atoms with Crippen LogP contribution in [0.4, 0.5) is 10.1 Å². The van der Waals surface area contributed by atoms with Crippen LogP contribution in [0.2, 0.25) is 0 Å². The first-order chi connectivity index (χ1) is 11.6. The highest BCUT2D eigenvalue weighted by Crippen LogP contribution is 2.15. The molecule has 0 atom stereocenters. The second-order valence-electron chi connectivity index (χ2n) is 4.93. The van der Waals surface area contributed by atoms with Crippen LogP contribution in [-0.4, -0.2) is 12.5 Å². The van der Waals surface area contributed by atoms with Crippen molar-refractivity contribution in [1.82, 2.24) is 5.32 Å². The van der Waals surface area contributed by atoms with Crippen LogP contribution in [0.3, 0.4) is 0 Å². The summed E-state index contributed by atoms with van der Waals surface area (Å²) in [6.45, 7) is 0.581. The Hall–Kier alpha value is -2.65. The summed E-state index contributed by atoms with van der Waals surface area (Å²) in [7, 11) is 0. The number of carbonyl (C=O) groups excluding carboxylic acids is 1. The van der Waals surface area contributed by atoms with Crippen LogP contribution in [0, 0.1) is 17.1 Å². The summed E-state index contributed by atoms with van der Waals surface area (Å²) in [6.07, 6.45) is 2.13. The van der Waals surface area contributed by atoms with Gasteiger partial charge in [0.15, 0.2) is 0 Å². The third-order valence-corrected chi connectivity index (χ3v) is 3.98. The summed E-state index contributed by atoms with van der Waals surface area (Å²) in [5.41, 5.74) is 1.51. The van der Waals surface area contributed by atoms with Crippen molar-refractivity contribution in [3.05, 3.63) is 76.2 Å². The summed E-state index contributed by atoms with van der Waals surface area (Å²) in [6, 6.07) is 15.0. The van der Waals surface area contributed by atoms with Crippen molar-refractivity contribution in [3.8, 4) is 6.07 Å². The van der Waals surface area contributed by atoms with Crippen molar-refractivity contribution in [2.45, 2.75) is 6.42 Å². The van der Waals surface area contributed by atoms with Gasteiger partial charge in [-0.25, -0.2) is 4.39 Å². The van der Waals surface area contributed by atoms with Gasteiger partial charge in [-0.15, -0.1) is 0 Å². The van der Waals surface area contributed by atoms with Crippen LogP contribution in [0.5, 0.6) is 0 Å². The van der Waals surface area contributed by atoms with Crippen LogP contribution in [0.1, 0.15) is 5.56 Å². The Morgan fingerprint density at radius 3 is 2.58 bits per heavy atom. The van der Waals surface area contributed by atoms with Crippen molar-refractivity contribution in [2.24, 2.45) is 0 Å². The first-order valence-corrected chi connectivity index (χ1v) is 8.03. The zero-order valence-corrected chi connectivity index (χ0v) is 14.3. The summed E-state index contributed by atoms with van der Waals surface area (Å²) in [5, 5.41) is 14.6. The molecule has 2 aromatic rings. The molecule has 0 radical (unpaired) electrons. The lowest BCUT2D eigenvalue weighted by molar-refractivity contribution is -0.112. The highest BCUT2D eigenvalue weighted by molar-refractivity contribution is 9.10. The van der Waals surface area contributed by atoms with E-state index in [-0.39, 0.29) is 5.57 Å². The molecule has 0 unspecified atom stereocenters. The molecule has 0 heterocycles. The number of halogens is 2. The molecule has 2 N–H and O–H groups in total. The van der Waals surface area contributed by atoms with Crippen molar-refractivity contribution >= 4 is 27.5 Å². The maximum absolute atomic E-state index is 12.8. The minimum Gasteiger partial charge on any atom is -0.389 e. The molecule has 0 fully saturated rings. The molecule has 0 aliphatic rings. The molecule has 6 heteroatoms. The van der Waals surface area contributed by atoms with Gasteiger partial charge in [0.1, 0.15) is 17.5 Å². The van der Waals surface area contributed by atoms with E-state index in [1.54, 1.807) is 0 Å². The Kier molecular flexibility index (Phi) is 6.52. The van der Waals surface area contributed by atoms with Gasteiger partial charge in [-0.1, -0.05) is 34.1 Å². The van der Waals surface area contributed by atoms with Gasteiger partial charge >= 0.3 is 0 Å². The number of nitrogens with one attached hydrogen (secondary N) is 2. The van der Waals surface area contributed by atoms with Crippen molar-refractivity contribution < 1.29 is 9.18 Å². The lowest BCUT2D eigenvalue weighted by Gasteiger charge is -2.06. The van der Waals surface area contributed by atoms with Crippen LogP contribution in [0.25, 0.3) is 0 Å². The predicted molar refractivity (Wildman–Crippen MR) is 94.6 cm³/mol. The van der Waals surface area contributed by atoms with E-state index in [0.717, 1.165) is 16.5 Å². The minimum absolute atomic E-state index is 0.0496. The standard InChI is InChI=1S/C18H15BrFN3O/c19-17-4-2-1-3-13(17)9-10-22-12-14(11-21)18(24)23-16-7-5-15(20)6-8-16/h1-8,12,22H,9-10H2,(H,23,24)/b14-12-. The van der Waals surface area contributed by atoms with Gasteiger partial charge in [0.2, 0.25) is 0 Å². The van der Waals surface area contributed by atoms with Gasteiger partial charge in [0.05, 0.1) is 0 Å². The van der Waals surface area contributed by atoms with E-state index in [2.05, 4.69) is 26.6 Å². The van der Waals surface area contributed by atoms with Crippen LogP contribution in [-0.2, 0) is 11.2 Å². The third-order valence-electron chi connectivity index (χ3n) is 3.21. The molecular formula is C18H15BrFN3O. The maximum atomic E-state index is 12.8. The summed E-state index contributed by atoms with van der Waals surface area (Å²) < 4.78 is 13.9. The highest BCUT2D eigenvalue weighted by Gasteiger charge is 2.09. The number of hydrogen-bond acceptors (Lipinski definition) is 3. The Morgan fingerprint density at radius 1 is 1.21 bits per heavy atom. The van der Waals surface area contributed by atoms with E-state index >= 15 is 0 Å². The SMILES string of the molecule is N#C/C(=C/NCCc1ccccc1Br)C(=O)Nc1ccc(F)cc1. The summed E-state index contributed by atoms with van der Waals surface area (Å²) in [4.78, 5) is 12.0. The van der Waals surface area contributed by atoms with Crippen LogP contribution in [0.15, 0.2) is 64.8 Å². The third kappa shape index (κ3) is 5.21. The van der Waals surface area contributed by atoms with E-state index < -0.39 is 11.7 Å². The lowest BCUT2D eigenvalue weighted by Crippen LogP contribution is -2.18. The molecule has 0 aromatic heterocycles. The normalized spacial score (nSPS) is 10.8. The largest absolute Gasteiger partial charge is 0.389 e. The molecule has 24 heavy (non-hydrogen) atoms. The predicted octanol–water partition coefficient (Wildman–Crippen LogP) is 3.77. The fourth-order valence-corrected chi connectivity index (χ4v) is 2.45. The number of hydrogen-bond donors (Lipinski definition) is 2. The van der Waals surface area contributed by atoms with Gasteiger partial charge in [-0.3, -0.25) is 4.79 Å². The Labute approximate surface area is 148 Å². The molecule has 0 saturated heterocycles. The summed E-state index contributed by atoms with van der Waals surface area (Å²) >= 11 is 3.47. The van der Waals surface area contributed by atoms with E-state index in [1.165, 1.54) is 30.5 Å². The molecule has 122 valence electrons. The quantitative estimate of drug-likeness (QED) is 0.450.